The molecule has 0 atom stereocenters. The van der Waals surface area contributed by atoms with E-state index in [1.807, 2.05) is 6.07 Å². The molecule has 128 valence electrons. The predicted octanol–water partition coefficient (Wildman–Crippen LogP) is 5.46. The maximum atomic E-state index is 5.52. The van der Waals surface area contributed by atoms with Gasteiger partial charge in [-0.05, 0) is 47.2 Å². The fourth-order valence-electron chi connectivity index (χ4n) is 2.82. The van der Waals surface area contributed by atoms with Crippen LogP contribution in [0.4, 0.5) is 5.69 Å². The highest BCUT2D eigenvalue weighted by atomic mass is 32.1. The highest BCUT2D eigenvalue weighted by Gasteiger charge is 2.14. The van der Waals surface area contributed by atoms with Crippen LogP contribution in [0.25, 0.3) is 0 Å². The van der Waals surface area contributed by atoms with Crippen LogP contribution < -0.4 is 10.6 Å². The first-order chi connectivity index (χ1) is 11.5. The number of hydrogen-bond donors (Lipinski definition) is 2. The SMILES string of the molecule is CC(C)c1cccc(C(C)C)c1NC(=S)NCCc1ccccc1. The molecule has 0 amide bonds. The third kappa shape index (κ3) is 5.07. The summed E-state index contributed by atoms with van der Waals surface area (Å²) in [6.45, 7) is 9.71. The summed E-state index contributed by atoms with van der Waals surface area (Å²) in [6.07, 6.45) is 0.964. The number of rotatable bonds is 6. The summed E-state index contributed by atoms with van der Waals surface area (Å²) in [5, 5.41) is 7.48. The summed E-state index contributed by atoms with van der Waals surface area (Å²) < 4.78 is 0. The van der Waals surface area contributed by atoms with Crippen molar-refractivity contribution in [3.63, 3.8) is 0 Å². The van der Waals surface area contributed by atoms with Gasteiger partial charge in [-0.3, -0.25) is 0 Å². The van der Waals surface area contributed by atoms with E-state index in [2.05, 4.69) is 80.8 Å². The molecule has 0 fully saturated rings. The number of hydrogen-bond acceptors (Lipinski definition) is 1. The molecule has 0 saturated carbocycles. The average molecular weight is 341 g/mol. The quantitative estimate of drug-likeness (QED) is 0.683. The van der Waals surface area contributed by atoms with Crippen LogP contribution in [0.5, 0.6) is 0 Å². The molecule has 0 unspecified atom stereocenters. The third-order valence-corrected chi connectivity index (χ3v) is 4.40. The Morgan fingerprint density at radius 1 is 0.875 bits per heavy atom. The largest absolute Gasteiger partial charge is 0.362 e. The minimum atomic E-state index is 0.457. The highest BCUT2D eigenvalue weighted by molar-refractivity contribution is 7.80. The number of nitrogens with one attached hydrogen (secondary N) is 2. The number of para-hydroxylation sites is 1. The molecule has 0 aliphatic rings. The van der Waals surface area contributed by atoms with E-state index in [1.165, 1.54) is 22.4 Å². The molecule has 0 spiro atoms. The summed E-state index contributed by atoms with van der Waals surface area (Å²) in [6, 6.07) is 17.0. The Morgan fingerprint density at radius 2 is 1.46 bits per heavy atom. The van der Waals surface area contributed by atoms with Crippen molar-refractivity contribution in [3.8, 4) is 0 Å². The van der Waals surface area contributed by atoms with Gasteiger partial charge in [0.25, 0.3) is 0 Å². The molecule has 3 heteroatoms. The van der Waals surface area contributed by atoms with Crippen molar-refractivity contribution in [2.24, 2.45) is 0 Å². The monoisotopic (exact) mass is 340 g/mol. The number of thiocarbonyl (C=S) groups is 1. The van der Waals surface area contributed by atoms with Gasteiger partial charge in [0.2, 0.25) is 0 Å². The van der Waals surface area contributed by atoms with E-state index < -0.39 is 0 Å². The fourth-order valence-corrected chi connectivity index (χ4v) is 3.02. The molecule has 24 heavy (non-hydrogen) atoms. The van der Waals surface area contributed by atoms with E-state index in [0.29, 0.717) is 16.9 Å². The van der Waals surface area contributed by atoms with E-state index in [0.717, 1.165) is 13.0 Å². The second kappa shape index (κ2) is 8.84. The van der Waals surface area contributed by atoms with Crippen LogP contribution in [0.15, 0.2) is 48.5 Å². The van der Waals surface area contributed by atoms with Crippen molar-refractivity contribution in [1.29, 1.82) is 0 Å². The van der Waals surface area contributed by atoms with Gasteiger partial charge < -0.3 is 10.6 Å². The molecule has 0 radical (unpaired) electrons. The van der Waals surface area contributed by atoms with Crippen molar-refractivity contribution in [2.75, 3.05) is 11.9 Å². The maximum absolute atomic E-state index is 5.52. The highest BCUT2D eigenvalue weighted by Crippen LogP contribution is 2.32. The Hall–Kier alpha value is -1.87. The second-order valence-corrected chi connectivity index (χ2v) is 7.15. The van der Waals surface area contributed by atoms with Gasteiger partial charge in [-0.2, -0.15) is 0 Å². The zero-order valence-corrected chi connectivity index (χ0v) is 15.9. The van der Waals surface area contributed by atoms with E-state index in [9.17, 15) is 0 Å². The molecule has 2 rings (SSSR count). The molecule has 0 aliphatic heterocycles. The maximum Gasteiger partial charge on any atom is 0.170 e. The Bertz CT molecular complexity index is 637. The predicted molar refractivity (Wildman–Crippen MR) is 109 cm³/mol. The summed E-state index contributed by atoms with van der Waals surface area (Å²) >= 11 is 5.52. The van der Waals surface area contributed by atoms with E-state index in [-0.39, 0.29) is 0 Å². The van der Waals surface area contributed by atoms with Crippen LogP contribution in [0.2, 0.25) is 0 Å². The van der Waals surface area contributed by atoms with Crippen molar-refractivity contribution >= 4 is 23.0 Å². The lowest BCUT2D eigenvalue weighted by Gasteiger charge is -2.21. The topological polar surface area (TPSA) is 24.1 Å². The van der Waals surface area contributed by atoms with Gasteiger partial charge in [0.05, 0.1) is 0 Å². The molecule has 2 aromatic carbocycles. The van der Waals surface area contributed by atoms with Crippen molar-refractivity contribution in [1.82, 2.24) is 5.32 Å². The van der Waals surface area contributed by atoms with Crippen LogP contribution in [-0.4, -0.2) is 11.7 Å². The standard InChI is InChI=1S/C21H28N2S/c1-15(2)18-11-8-12-19(16(3)4)20(18)23-21(24)22-14-13-17-9-6-5-7-10-17/h5-12,15-16H,13-14H2,1-4H3,(H2,22,23,24). The van der Waals surface area contributed by atoms with E-state index >= 15 is 0 Å². The molecule has 0 heterocycles. The smallest absolute Gasteiger partial charge is 0.170 e. The molecule has 2 nitrogen and oxygen atoms in total. The minimum absolute atomic E-state index is 0.457. The normalized spacial score (nSPS) is 10.9. The molecule has 0 aromatic heterocycles. The van der Waals surface area contributed by atoms with Crippen LogP contribution in [0.1, 0.15) is 56.2 Å². The molecule has 2 aromatic rings. The first-order valence-electron chi connectivity index (χ1n) is 8.70. The van der Waals surface area contributed by atoms with Gasteiger partial charge in [0.1, 0.15) is 0 Å². The van der Waals surface area contributed by atoms with Gasteiger partial charge in [-0.15, -0.1) is 0 Å². The number of anilines is 1. The van der Waals surface area contributed by atoms with Crippen LogP contribution in [0, 0.1) is 0 Å². The molecule has 0 saturated heterocycles. The van der Waals surface area contributed by atoms with E-state index in [4.69, 9.17) is 12.2 Å². The fraction of sp³-hybridized carbons (Fsp3) is 0.381. The first kappa shape index (κ1) is 18.5. The molecule has 0 bridgehead atoms. The summed E-state index contributed by atoms with van der Waals surface area (Å²) in [4.78, 5) is 0. The van der Waals surface area contributed by atoms with Gasteiger partial charge in [-0.1, -0.05) is 76.2 Å². The van der Waals surface area contributed by atoms with Gasteiger partial charge in [0.15, 0.2) is 5.11 Å². The first-order valence-corrected chi connectivity index (χ1v) is 9.11. The Kier molecular flexibility index (Phi) is 6.80. The molecule has 2 N–H and O–H groups in total. The van der Waals surface area contributed by atoms with Gasteiger partial charge in [0, 0.05) is 12.2 Å². The Labute approximate surface area is 151 Å². The molecular formula is C21H28N2S. The van der Waals surface area contributed by atoms with E-state index in [1.54, 1.807) is 0 Å². The summed E-state index contributed by atoms with van der Waals surface area (Å²) in [5.74, 6) is 0.914. The van der Waals surface area contributed by atoms with Gasteiger partial charge in [-0.25, -0.2) is 0 Å². The Balaban J connectivity index is 2.02. The van der Waals surface area contributed by atoms with Crippen molar-refractivity contribution < 1.29 is 0 Å². The van der Waals surface area contributed by atoms with Crippen molar-refractivity contribution in [2.45, 2.75) is 46.0 Å². The average Bonchev–Trinajstić information content (AvgIpc) is 2.55. The zero-order chi connectivity index (χ0) is 17.5. The minimum Gasteiger partial charge on any atom is -0.362 e. The number of benzene rings is 2. The van der Waals surface area contributed by atoms with Crippen LogP contribution >= 0.6 is 12.2 Å². The lowest BCUT2D eigenvalue weighted by Crippen LogP contribution is -2.31. The summed E-state index contributed by atoms with van der Waals surface area (Å²) in [5.41, 5.74) is 5.11. The van der Waals surface area contributed by atoms with Crippen LogP contribution in [0.3, 0.4) is 0 Å². The third-order valence-electron chi connectivity index (χ3n) is 4.15. The van der Waals surface area contributed by atoms with Crippen LogP contribution in [-0.2, 0) is 6.42 Å². The molecular weight excluding hydrogens is 312 g/mol. The lowest BCUT2D eigenvalue weighted by atomic mass is 9.93. The zero-order valence-electron chi connectivity index (χ0n) is 15.1. The lowest BCUT2D eigenvalue weighted by molar-refractivity contribution is 0.836. The van der Waals surface area contributed by atoms with Crippen molar-refractivity contribution in [3.05, 3.63) is 65.2 Å². The van der Waals surface area contributed by atoms with Gasteiger partial charge >= 0.3 is 0 Å². The molecule has 0 aliphatic carbocycles. The Morgan fingerprint density at radius 3 is 2.00 bits per heavy atom. The second-order valence-electron chi connectivity index (χ2n) is 6.74. The summed E-state index contributed by atoms with van der Waals surface area (Å²) in [7, 11) is 0.